The second-order valence-corrected chi connectivity index (χ2v) is 14.3. The molecule has 2 aliphatic heterocycles. The molecule has 5 aliphatic rings. The largest absolute Gasteiger partial charge is 0.508 e. The molecule has 6 atom stereocenters. The number of nitrogens with two attached hydrogens (primary N) is 1. The van der Waals surface area contributed by atoms with Crippen LogP contribution in [0.5, 0.6) is 17.2 Å². The summed E-state index contributed by atoms with van der Waals surface area (Å²) >= 11 is 0. The minimum absolute atomic E-state index is 0.0912. The SMILES string of the molecule is C=C1CC[C@@]2(O)[C@@H]3Cc4ccc(OC(=O)N(C)CCNC(=O)[C@@H](N)Cc5ccc(O)cc5)c5c4[C@@]2(CC[N+]3(C)CC2CC2)[C@H]1O5. The molecule has 7 rings (SSSR count). The van der Waals surface area contributed by atoms with Crippen LogP contribution in [-0.2, 0) is 23.1 Å². The molecule has 1 saturated heterocycles. The molecule has 2 heterocycles. The van der Waals surface area contributed by atoms with Crippen LogP contribution in [0.2, 0.25) is 0 Å². The van der Waals surface area contributed by atoms with Gasteiger partial charge in [0.2, 0.25) is 5.91 Å². The summed E-state index contributed by atoms with van der Waals surface area (Å²) in [6.07, 6.45) is 4.96. The Kier molecular flexibility index (Phi) is 7.18. The van der Waals surface area contributed by atoms with Crippen LogP contribution in [0.3, 0.4) is 0 Å². The number of likely N-dealkylation sites (tertiary alicyclic amines) is 1. The van der Waals surface area contributed by atoms with Gasteiger partial charge in [-0.3, -0.25) is 4.79 Å². The Morgan fingerprint density at radius 1 is 1.22 bits per heavy atom. The van der Waals surface area contributed by atoms with Gasteiger partial charge in [0.25, 0.3) is 0 Å². The predicted molar refractivity (Wildman–Crippen MR) is 168 cm³/mol. The molecular formula is C35H45N4O6+. The lowest BCUT2D eigenvalue weighted by atomic mass is 9.48. The van der Waals surface area contributed by atoms with E-state index in [-0.39, 0.29) is 36.9 Å². The first-order valence-electron chi connectivity index (χ1n) is 16.3. The van der Waals surface area contributed by atoms with Crippen molar-refractivity contribution < 1.29 is 33.8 Å². The molecule has 3 aliphatic carbocycles. The lowest BCUT2D eigenvalue weighted by molar-refractivity contribution is -0.950. The minimum Gasteiger partial charge on any atom is -0.508 e. The van der Waals surface area contributed by atoms with E-state index in [1.807, 2.05) is 6.07 Å². The van der Waals surface area contributed by atoms with Crippen molar-refractivity contribution in [2.45, 2.75) is 74.1 Å². The molecule has 5 N–H and O–H groups in total. The summed E-state index contributed by atoms with van der Waals surface area (Å²) in [5.41, 5.74) is 8.58. The van der Waals surface area contributed by atoms with E-state index in [1.165, 1.54) is 23.3 Å². The van der Waals surface area contributed by atoms with Crippen LogP contribution < -0.4 is 20.5 Å². The molecular weight excluding hydrogens is 572 g/mol. The highest BCUT2D eigenvalue weighted by Crippen LogP contribution is 2.67. The molecule has 2 amide bonds. The van der Waals surface area contributed by atoms with Crippen LogP contribution in [0.25, 0.3) is 0 Å². The van der Waals surface area contributed by atoms with Gasteiger partial charge in [-0.2, -0.15) is 0 Å². The second kappa shape index (κ2) is 10.7. The summed E-state index contributed by atoms with van der Waals surface area (Å²) in [6.45, 7) is 6.91. The van der Waals surface area contributed by atoms with E-state index in [9.17, 15) is 19.8 Å². The summed E-state index contributed by atoms with van der Waals surface area (Å²) in [7, 11) is 3.96. The molecule has 45 heavy (non-hydrogen) atoms. The van der Waals surface area contributed by atoms with Crippen LogP contribution in [0, 0.1) is 5.92 Å². The van der Waals surface area contributed by atoms with E-state index >= 15 is 0 Å². The highest BCUT2D eigenvalue weighted by Gasteiger charge is 2.75. The number of aromatic hydroxyl groups is 1. The molecule has 1 spiro atoms. The standard InChI is InChI=1S/C35H44N4O6/c1-21-12-13-35(43)28-19-24-8-11-27(30-29(24)34(35,31(21)45-30)14-17-39(28,3)20-23-4-5-23)44-33(42)38(2)16-15-37-32(41)26(36)18-22-6-9-25(40)10-7-22/h6-11,23,26,28,31,43H,1,4-5,12-20,36H2,2-3H3,(H-,37,40,41)/p+1/t26-,28-,31-,34-,35+,39?/m0/s1. The third-order valence-corrected chi connectivity index (χ3v) is 11.4. The average molecular weight is 618 g/mol. The lowest BCUT2D eigenvalue weighted by Crippen LogP contribution is -2.80. The van der Waals surface area contributed by atoms with Crippen molar-refractivity contribution in [3.8, 4) is 17.2 Å². The van der Waals surface area contributed by atoms with Crippen LogP contribution in [0.15, 0.2) is 48.6 Å². The van der Waals surface area contributed by atoms with Crippen LogP contribution in [-0.4, -0.2) is 95.7 Å². The van der Waals surface area contributed by atoms with Gasteiger partial charge in [-0.1, -0.05) is 24.8 Å². The summed E-state index contributed by atoms with van der Waals surface area (Å²) in [5.74, 6) is 1.50. The molecule has 2 aromatic carbocycles. The Hall–Kier alpha value is -3.60. The first kappa shape index (κ1) is 30.1. The monoisotopic (exact) mass is 617 g/mol. The van der Waals surface area contributed by atoms with Gasteiger partial charge >= 0.3 is 6.09 Å². The lowest BCUT2D eigenvalue weighted by Gasteiger charge is -2.65. The van der Waals surface area contributed by atoms with Crippen molar-refractivity contribution in [2.75, 3.05) is 40.3 Å². The topological polar surface area (TPSA) is 134 Å². The smallest absolute Gasteiger partial charge is 0.415 e. The third-order valence-electron chi connectivity index (χ3n) is 11.4. The number of carbonyl (C=O) groups excluding carboxylic acids is 2. The van der Waals surface area contributed by atoms with Gasteiger partial charge in [0.15, 0.2) is 11.5 Å². The van der Waals surface area contributed by atoms with Gasteiger partial charge in [0.1, 0.15) is 23.5 Å². The number of hydrogen-bond donors (Lipinski definition) is 4. The van der Waals surface area contributed by atoms with Gasteiger partial charge < -0.3 is 40.1 Å². The van der Waals surface area contributed by atoms with E-state index in [2.05, 4.69) is 25.0 Å². The maximum absolute atomic E-state index is 13.2. The Balaban J connectivity index is 1.05. The van der Waals surface area contributed by atoms with Gasteiger partial charge in [0.05, 0.1) is 31.6 Å². The van der Waals surface area contributed by atoms with Crippen LogP contribution >= 0.6 is 0 Å². The van der Waals surface area contributed by atoms with Crippen LogP contribution in [0.1, 0.15) is 48.8 Å². The number of rotatable bonds is 9. The van der Waals surface area contributed by atoms with Crippen molar-refractivity contribution in [1.82, 2.24) is 10.2 Å². The summed E-state index contributed by atoms with van der Waals surface area (Å²) < 4.78 is 13.5. The maximum atomic E-state index is 13.2. The minimum atomic E-state index is -0.917. The van der Waals surface area contributed by atoms with Crippen LogP contribution in [0.4, 0.5) is 4.79 Å². The summed E-state index contributed by atoms with van der Waals surface area (Å²) in [6, 6.07) is 9.78. The zero-order valence-corrected chi connectivity index (χ0v) is 26.3. The number of aliphatic hydroxyl groups is 1. The fourth-order valence-electron chi connectivity index (χ4n) is 8.86. The second-order valence-electron chi connectivity index (χ2n) is 14.3. The fourth-order valence-corrected chi connectivity index (χ4v) is 8.86. The number of phenolic OH excluding ortho intramolecular Hbond substituents is 1. The van der Waals surface area contributed by atoms with Crippen molar-refractivity contribution in [1.29, 1.82) is 0 Å². The number of hydrogen-bond acceptors (Lipinski definition) is 7. The number of amides is 2. The Labute approximate surface area is 264 Å². The first-order valence-corrected chi connectivity index (χ1v) is 16.3. The Morgan fingerprint density at radius 3 is 2.71 bits per heavy atom. The molecule has 2 saturated carbocycles. The third kappa shape index (κ3) is 4.80. The van der Waals surface area contributed by atoms with Crippen molar-refractivity contribution >= 4 is 12.0 Å². The normalized spacial score (nSPS) is 31.4. The van der Waals surface area contributed by atoms with E-state index in [0.29, 0.717) is 30.8 Å². The average Bonchev–Trinajstić information content (AvgIpc) is 3.74. The van der Waals surface area contributed by atoms with Crippen molar-refractivity contribution in [3.05, 3.63) is 65.2 Å². The van der Waals surface area contributed by atoms with Gasteiger partial charge in [0, 0.05) is 44.5 Å². The molecule has 10 nitrogen and oxygen atoms in total. The molecule has 3 fully saturated rings. The van der Waals surface area contributed by atoms with E-state index in [1.54, 1.807) is 31.3 Å². The van der Waals surface area contributed by atoms with Crippen molar-refractivity contribution in [3.63, 3.8) is 0 Å². The zero-order valence-electron chi connectivity index (χ0n) is 26.3. The van der Waals surface area contributed by atoms with Gasteiger partial charge in [-0.05, 0) is 67.0 Å². The predicted octanol–water partition coefficient (Wildman–Crippen LogP) is 2.77. The molecule has 1 unspecified atom stereocenters. The number of likely N-dealkylation sites (N-methyl/N-ethyl adjacent to an activating group) is 2. The van der Waals surface area contributed by atoms with Gasteiger partial charge in [-0.15, -0.1) is 0 Å². The molecule has 2 bridgehead atoms. The summed E-state index contributed by atoms with van der Waals surface area (Å²) in [5, 5.41) is 25.0. The highest BCUT2D eigenvalue weighted by molar-refractivity contribution is 5.82. The molecule has 0 radical (unpaired) electrons. The van der Waals surface area contributed by atoms with Crippen molar-refractivity contribution in [2.24, 2.45) is 11.7 Å². The number of benzene rings is 2. The number of phenols is 1. The molecule has 240 valence electrons. The van der Waals surface area contributed by atoms with E-state index in [4.69, 9.17) is 15.2 Å². The number of ether oxygens (including phenoxy) is 2. The first-order chi connectivity index (χ1) is 21.4. The summed E-state index contributed by atoms with van der Waals surface area (Å²) in [4.78, 5) is 27.2. The number of nitrogens with one attached hydrogen (secondary N) is 1. The Morgan fingerprint density at radius 2 is 1.98 bits per heavy atom. The zero-order chi connectivity index (χ0) is 31.7. The number of nitrogens with zero attached hydrogens (tertiary/aromatic N) is 2. The highest BCUT2D eigenvalue weighted by atomic mass is 16.6. The quantitative estimate of drug-likeness (QED) is 0.251. The maximum Gasteiger partial charge on any atom is 0.415 e. The molecule has 2 aromatic rings. The molecule has 10 heteroatoms. The Bertz CT molecular complexity index is 1540. The number of piperidine rings is 1. The number of quaternary nitrogens is 1. The van der Waals surface area contributed by atoms with E-state index in [0.717, 1.165) is 53.0 Å². The molecule has 0 aromatic heterocycles. The number of carbonyl (C=O) groups is 2. The van der Waals surface area contributed by atoms with E-state index < -0.39 is 23.2 Å². The fraction of sp³-hybridized carbons (Fsp3) is 0.543. The van der Waals surface area contributed by atoms with Gasteiger partial charge in [-0.25, -0.2) is 4.79 Å².